The second kappa shape index (κ2) is 6.86. The molecular formula is C30H50O. The molecule has 176 valence electrons. The summed E-state index contributed by atoms with van der Waals surface area (Å²) in [5.74, 6) is 3.32. The Hall–Kier alpha value is -0.300. The van der Waals surface area contributed by atoms with E-state index in [2.05, 4.69) is 48.1 Å². The topological polar surface area (TPSA) is 20.2 Å². The Labute approximate surface area is 192 Å². The van der Waals surface area contributed by atoms with Gasteiger partial charge in [-0.15, -0.1) is 0 Å². The van der Waals surface area contributed by atoms with Crippen LogP contribution in [0.15, 0.2) is 12.2 Å². The zero-order valence-electron chi connectivity index (χ0n) is 21.5. The molecule has 0 saturated heterocycles. The first-order chi connectivity index (χ1) is 14.4. The van der Waals surface area contributed by atoms with Crippen LogP contribution in [0, 0.1) is 50.7 Å². The summed E-state index contributed by atoms with van der Waals surface area (Å²) >= 11 is 0. The van der Waals surface area contributed by atoms with Crippen LogP contribution in [-0.4, -0.2) is 11.2 Å². The van der Waals surface area contributed by atoms with E-state index in [1.54, 1.807) is 0 Å². The van der Waals surface area contributed by atoms with Crippen LogP contribution in [0.3, 0.4) is 0 Å². The molecule has 0 aromatic carbocycles. The van der Waals surface area contributed by atoms with Gasteiger partial charge >= 0.3 is 0 Å². The molecule has 5 aliphatic rings. The molecule has 0 aromatic heterocycles. The third-order valence-electron chi connectivity index (χ3n) is 13.3. The van der Waals surface area contributed by atoms with Crippen molar-refractivity contribution in [2.45, 2.75) is 125 Å². The number of rotatable bonds is 5. The van der Waals surface area contributed by atoms with E-state index in [9.17, 15) is 5.11 Å². The van der Waals surface area contributed by atoms with E-state index >= 15 is 0 Å². The Morgan fingerprint density at radius 3 is 2.29 bits per heavy atom. The highest BCUT2D eigenvalue weighted by molar-refractivity contribution is 5.30. The van der Waals surface area contributed by atoms with E-state index in [0.717, 1.165) is 24.2 Å². The molecule has 5 fully saturated rings. The Morgan fingerprint density at radius 2 is 1.58 bits per heavy atom. The normalized spacial score (nSPS) is 53.0. The van der Waals surface area contributed by atoms with Crippen LogP contribution in [0.2, 0.25) is 0 Å². The highest BCUT2D eigenvalue weighted by Gasteiger charge is 2.81. The maximum absolute atomic E-state index is 10.8. The summed E-state index contributed by atoms with van der Waals surface area (Å²) in [5, 5.41) is 10.8. The minimum Gasteiger partial charge on any atom is -0.393 e. The fourth-order valence-corrected chi connectivity index (χ4v) is 10.8. The summed E-state index contributed by atoms with van der Waals surface area (Å²) in [4.78, 5) is 0. The second-order valence-corrected chi connectivity index (χ2v) is 14.3. The standard InChI is InChI=1S/C30H50O/c1-20(2)21(3)9-8-10-22-13-15-28(7)24-12-11-23-26(4,5)25(31)14-16-29(23)19-30(24,29)18-17-27(22,28)6/h21-25,31H,1,8-19H2,2-7H3. The average Bonchev–Trinajstić information content (AvgIpc) is 3.30. The first-order valence-electron chi connectivity index (χ1n) is 13.8. The van der Waals surface area contributed by atoms with Crippen molar-refractivity contribution in [3.63, 3.8) is 0 Å². The van der Waals surface area contributed by atoms with Crippen molar-refractivity contribution >= 4 is 0 Å². The molecule has 0 bridgehead atoms. The summed E-state index contributed by atoms with van der Waals surface area (Å²) in [6, 6.07) is 0. The lowest BCUT2D eigenvalue weighted by molar-refractivity contribution is -0.159. The predicted octanol–water partition coefficient (Wildman–Crippen LogP) is 8.17. The summed E-state index contributed by atoms with van der Waals surface area (Å²) in [5.41, 5.74) is 3.79. The van der Waals surface area contributed by atoms with Gasteiger partial charge in [-0.3, -0.25) is 0 Å². The predicted molar refractivity (Wildman–Crippen MR) is 131 cm³/mol. The molecule has 1 heteroatoms. The van der Waals surface area contributed by atoms with Gasteiger partial charge in [-0.1, -0.05) is 53.2 Å². The number of allylic oxidation sites excluding steroid dienone is 1. The highest BCUT2D eigenvalue weighted by Crippen LogP contribution is 2.88. The van der Waals surface area contributed by atoms with Gasteiger partial charge in [0.25, 0.3) is 0 Å². The monoisotopic (exact) mass is 426 g/mol. The number of hydrogen-bond acceptors (Lipinski definition) is 1. The van der Waals surface area contributed by atoms with E-state index in [-0.39, 0.29) is 11.5 Å². The van der Waals surface area contributed by atoms with Crippen LogP contribution in [0.1, 0.15) is 119 Å². The Balaban J connectivity index is 1.36. The summed E-state index contributed by atoms with van der Waals surface area (Å²) < 4.78 is 0. The largest absolute Gasteiger partial charge is 0.393 e. The van der Waals surface area contributed by atoms with Crippen molar-refractivity contribution in [3.05, 3.63) is 12.2 Å². The summed E-state index contributed by atoms with van der Waals surface area (Å²) in [6.07, 6.45) is 16.7. The van der Waals surface area contributed by atoms with Crippen molar-refractivity contribution in [1.82, 2.24) is 0 Å². The molecule has 2 spiro atoms. The van der Waals surface area contributed by atoms with Crippen LogP contribution >= 0.6 is 0 Å². The molecule has 0 heterocycles. The Bertz CT molecular complexity index is 752. The van der Waals surface area contributed by atoms with Gasteiger partial charge in [0.1, 0.15) is 0 Å². The molecule has 0 aromatic rings. The number of hydrogen-bond donors (Lipinski definition) is 1. The quantitative estimate of drug-likeness (QED) is 0.439. The van der Waals surface area contributed by atoms with Gasteiger partial charge in [0.05, 0.1) is 6.10 Å². The molecule has 1 N–H and O–H groups in total. The van der Waals surface area contributed by atoms with E-state index < -0.39 is 0 Å². The lowest BCUT2D eigenvalue weighted by Crippen LogP contribution is -2.57. The van der Waals surface area contributed by atoms with Crippen LogP contribution < -0.4 is 0 Å². The zero-order chi connectivity index (χ0) is 22.4. The fourth-order valence-electron chi connectivity index (χ4n) is 10.8. The fraction of sp³-hybridized carbons (Fsp3) is 0.933. The van der Waals surface area contributed by atoms with E-state index in [1.807, 2.05) is 0 Å². The van der Waals surface area contributed by atoms with Gasteiger partial charge in [0.2, 0.25) is 0 Å². The van der Waals surface area contributed by atoms with Crippen LogP contribution in [0.25, 0.3) is 0 Å². The van der Waals surface area contributed by atoms with Gasteiger partial charge in [-0.25, -0.2) is 0 Å². The summed E-state index contributed by atoms with van der Waals surface area (Å²) in [7, 11) is 0. The van der Waals surface area contributed by atoms with E-state index in [4.69, 9.17) is 0 Å². The van der Waals surface area contributed by atoms with Gasteiger partial charge in [-0.2, -0.15) is 0 Å². The van der Waals surface area contributed by atoms with E-state index in [1.165, 1.54) is 76.2 Å². The van der Waals surface area contributed by atoms with Crippen LogP contribution in [-0.2, 0) is 0 Å². The lowest BCUT2D eigenvalue weighted by Gasteiger charge is -2.63. The second-order valence-electron chi connectivity index (χ2n) is 14.3. The minimum atomic E-state index is -0.0841. The molecule has 31 heavy (non-hydrogen) atoms. The number of fused-ring (bicyclic) bond motifs is 2. The third-order valence-corrected chi connectivity index (χ3v) is 13.3. The maximum atomic E-state index is 10.8. The lowest BCUT2D eigenvalue weighted by atomic mass is 9.42. The molecule has 5 aliphatic carbocycles. The first-order valence-corrected chi connectivity index (χ1v) is 13.8. The molecule has 9 unspecified atom stereocenters. The van der Waals surface area contributed by atoms with Crippen molar-refractivity contribution < 1.29 is 5.11 Å². The van der Waals surface area contributed by atoms with Crippen LogP contribution in [0.4, 0.5) is 0 Å². The van der Waals surface area contributed by atoms with E-state index in [0.29, 0.717) is 27.6 Å². The van der Waals surface area contributed by atoms with Gasteiger partial charge in [-0.05, 0) is 128 Å². The van der Waals surface area contributed by atoms with Crippen molar-refractivity contribution in [3.8, 4) is 0 Å². The molecule has 9 atom stereocenters. The number of aliphatic hydroxyl groups is 1. The van der Waals surface area contributed by atoms with Crippen molar-refractivity contribution in [2.75, 3.05) is 0 Å². The molecule has 5 rings (SSSR count). The zero-order valence-corrected chi connectivity index (χ0v) is 21.5. The van der Waals surface area contributed by atoms with Gasteiger partial charge < -0.3 is 5.11 Å². The molecule has 0 amide bonds. The SMILES string of the molecule is C=C(C)C(C)CCCC1CCC2(C)C3CCC4C(C)(C)C(O)CCC45CC35CCC12C. The van der Waals surface area contributed by atoms with Crippen molar-refractivity contribution in [2.24, 2.45) is 50.7 Å². The summed E-state index contributed by atoms with van der Waals surface area (Å²) in [6.45, 7) is 19.0. The highest BCUT2D eigenvalue weighted by atomic mass is 16.3. The molecular weight excluding hydrogens is 376 g/mol. The van der Waals surface area contributed by atoms with Crippen LogP contribution in [0.5, 0.6) is 0 Å². The number of aliphatic hydroxyl groups excluding tert-OH is 1. The first kappa shape index (κ1) is 22.5. The van der Waals surface area contributed by atoms with Gasteiger partial charge in [0, 0.05) is 0 Å². The molecule has 5 saturated carbocycles. The minimum absolute atomic E-state index is 0.0841. The Morgan fingerprint density at radius 1 is 0.903 bits per heavy atom. The Kier molecular flexibility index (Phi) is 4.98. The average molecular weight is 427 g/mol. The van der Waals surface area contributed by atoms with Gasteiger partial charge in [0.15, 0.2) is 0 Å². The molecule has 0 aliphatic heterocycles. The smallest absolute Gasteiger partial charge is 0.0594 e. The third kappa shape index (κ3) is 2.71. The molecule has 1 nitrogen and oxygen atoms in total. The maximum Gasteiger partial charge on any atom is 0.0594 e. The molecule has 0 radical (unpaired) electrons. The van der Waals surface area contributed by atoms with Crippen molar-refractivity contribution in [1.29, 1.82) is 0 Å².